The highest BCUT2D eigenvalue weighted by Crippen LogP contribution is 2.09. The third-order valence-corrected chi connectivity index (χ3v) is 2.55. The van der Waals surface area contributed by atoms with Gasteiger partial charge in [0.2, 0.25) is 0 Å². The van der Waals surface area contributed by atoms with Crippen LogP contribution in [0.2, 0.25) is 0 Å². The van der Waals surface area contributed by atoms with Crippen molar-refractivity contribution >= 4 is 0 Å². The summed E-state index contributed by atoms with van der Waals surface area (Å²) >= 11 is 0. The average Bonchev–Trinajstić information content (AvgIpc) is 2.47. The highest BCUT2D eigenvalue weighted by molar-refractivity contribution is 5.14. The molecule has 1 aromatic rings. The van der Waals surface area contributed by atoms with E-state index >= 15 is 0 Å². The van der Waals surface area contributed by atoms with Crippen molar-refractivity contribution in [3.8, 4) is 0 Å². The maximum absolute atomic E-state index is 5.33. The minimum absolute atomic E-state index is 0.532. The van der Waals surface area contributed by atoms with E-state index in [1.807, 2.05) is 6.07 Å². The van der Waals surface area contributed by atoms with Gasteiger partial charge < -0.3 is 9.73 Å². The molecule has 1 N–H and O–H groups in total. The predicted octanol–water partition coefficient (Wildman–Crippen LogP) is 2.72. The Kier molecular flexibility index (Phi) is 3.55. The fourth-order valence-corrected chi connectivity index (χ4v) is 1.07. The molecule has 74 valence electrons. The molecule has 0 bridgehead atoms. The second-order valence-corrected chi connectivity index (χ2v) is 3.94. The molecule has 2 heteroatoms. The summed E-state index contributed by atoms with van der Waals surface area (Å²) in [4.78, 5) is 0. The van der Waals surface area contributed by atoms with Gasteiger partial charge in [0, 0.05) is 6.04 Å². The summed E-state index contributed by atoms with van der Waals surface area (Å²) in [5.41, 5.74) is 1.23. The van der Waals surface area contributed by atoms with Crippen molar-refractivity contribution in [3.05, 3.63) is 23.7 Å². The summed E-state index contributed by atoms with van der Waals surface area (Å²) < 4.78 is 5.33. The van der Waals surface area contributed by atoms with Crippen LogP contribution in [0, 0.1) is 12.8 Å². The van der Waals surface area contributed by atoms with Crippen molar-refractivity contribution < 1.29 is 4.42 Å². The highest BCUT2D eigenvalue weighted by Gasteiger charge is 2.07. The van der Waals surface area contributed by atoms with Gasteiger partial charge in [0.15, 0.2) is 0 Å². The number of hydrogen-bond donors (Lipinski definition) is 1. The van der Waals surface area contributed by atoms with E-state index < -0.39 is 0 Å². The lowest BCUT2D eigenvalue weighted by Gasteiger charge is -2.16. The van der Waals surface area contributed by atoms with Crippen LogP contribution < -0.4 is 5.32 Å². The summed E-state index contributed by atoms with van der Waals surface area (Å²) in [6.07, 6.45) is 1.74. The molecule has 0 aromatic carbocycles. The molecule has 0 saturated carbocycles. The van der Waals surface area contributed by atoms with Crippen molar-refractivity contribution in [2.24, 2.45) is 5.92 Å². The van der Waals surface area contributed by atoms with Crippen LogP contribution in [-0.2, 0) is 6.54 Å². The smallest absolute Gasteiger partial charge is 0.120 e. The van der Waals surface area contributed by atoms with E-state index in [0.29, 0.717) is 12.0 Å². The van der Waals surface area contributed by atoms with Crippen LogP contribution in [0.3, 0.4) is 0 Å². The fourth-order valence-electron chi connectivity index (χ4n) is 1.07. The first-order chi connectivity index (χ1) is 6.11. The first-order valence-corrected chi connectivity index (χ1v) is 4.87. The molecule has 0 amide bonds. The van der Waals surface area contributed by atoms with Crippen LogP contribution in [0.25, 0.3) is 0 Å². The Morgan fingerprint density at radius 3 is 2.54 bits per heavy atom. The van der Waals surface area contributed by atoms with Crippen molar-refractivity contribution in [2.45, 2.75) is 40.3 Å². The van der Waals surface area contributed by atoms with E-state index in [4.69, 9.17) is 4.42 Å². The molecule has 2 nitrogen and oxygen atoms in total. The van der Waals surface area contributed by atoms with Crippen molar-refractivity contribution in [2.75, 3.05) is 0 Å². The average molecular weight is 181 g/mol. The molecule has 0 fully saturated rings. The first-order valence-electron chi connectivity index (χ1n) is 4.87. The Hall–Kier alpha value is -0.760. The first kappa shape index (κ1) is 10.3. The predicted molar refractivity (Wildman–Crippen MR) is 54.6 cm³/mol. The van der Waals surface area contributed by atoms with Crippen molar-refractivity contribution in [3.63, 3.8) is 0 Å². The summed E-state index contributed by atoms with van der Waals surface area (Å²) in [6, 6.07) is 2.53. The van der Waals surface area contributed by atoms with Crippen molar-refractivity contribution in [1.82, 2.24) is 5.32 Å². The molecule has 1 rings (SSSR count). The zero-order valence-electron chi connectivity index (χ0n) is 8.92. The maximum Gasteiger partial charge on any atom is 0.120 e. The van der Waals surface area contributed by atoms with Crippen LogP contribution in [0.15, 0.2) is 16.7 Å². The van der Waals surface area contributed by atoms with Crippen LogP contribution in [0.5, 0.6) is 0 Å². The number of furan rings is 1. The third-order valence-electron chi connectivity index (χ3n) is 2.55. The minimum Gasteiger partial charge on any atom is -0.468 e. The largest absolute Gasteiger partial charge is 0.468 e. The zero-order valence-corrected chi connectivity index (χ0v) is 8.92. The summed E-state index contributed by atoms with van der Waals surface area (Å²) in [5, 5.41) is 3.43. The standard InChI is InChI=1S/C11H19NO/c1-8(2)10(4)12-7-11-9(3)5-6-13-11/h5-6,8,10,12H,7H2,1-4H3. The number of rotatable bonds is 4. The van der Waals surface area contributed by atoms with E-state index in [1.54, 1.807) is 6.26 Å². The van der Waals surface area contributed by atoms with Crippen LogP contribution in [0.1, 0.15) is 32.1 Å². The Morgan fingerprint density at radius 2 is 2.08 bits per heavy atom. The molecule has 1 heterocycles. The topological polar surface area (TPSA) is 25.2 Å². The summed E-state index contributed by atoms with van der Waals surface area (Å²) in [6.45, 7) is 9.53. The van der Waals surface area contributed by atoms with E-state index in [-0.39, 0.29) is 0 Å². The van der Waals surface area contributed by atoms with Crippen molar-refractivity contribution in [1.29, 1.82) is 0 Å². The minimum atomic E-state index is 0.532. The Labute approximate surface area is 80.3 Å². The molecule has 0 spiro atoms. The van der Waals surface area contributed by atoms with Gasteiger partial charge in [0.1, 0.15) is 5.76 Å². The molecule has 0 aliphatic heterocycles. The van der Waals surface area contributed by atoms with Crippen LogP contribution >= 0.6 is 0 Å². The Bertz CT molecular complexity index is 252. The second kappa shape index (κ2) is 4.47. The number of nitrogens with one attached hydrogen (secondary N) is 1. The Morgan fingerprint density at radius 1 is 1.38 bits per heavy atom. The number of hydrogen-bond acceptors (Lipinski definition) is 2. The molecular formula is C11H19NO. The molecule has 0 aliphatic rings. The van der Waals surface area contributed by atoms with Gasteiger partial charge in [-0.25, -0.2) is 0 Å². The maximum atomic E-state index is 5.33. The van der Waals surface area contributed by atoms with E-state index in [9.17, 15) is 0 Å². The molecule has 0 radical (unpaired) electrons. The molecule has 0 aliphatic carbocycles. The molecular weight excluding hydrogens is 162 g/mol. The summed E-state index contributed by atoms with van der Waals surface area (Å²) in [7, 11) is 0. The van der Waals surface area contributed by atoms with E-state index in [1.165, 1.54) is 5.56 Å². The normalized spacial score (nSPS) is 13.6. The summed E-state index contributed by atoms with van der Waals surface area (Å²) in [5.74, 6) is 1.71. The number of aryl methyl sites for hydroxylation is 1. The lowest BCUT2D eigenvalue weighted by Crippen LogP contribution is -2.30. The van der Waals surface area contributed by atoms with Gasteiger partial charge in [-0.1, -0.05) is 13.8 Å². The van der Waals surface area contributed by atoms with Gasteiger partial charge >= 0.3 is 0 Å². The molecule has 1 atom stereocenters. The molecule has 13 heavy (non-hydrogen) atoms. The van der Waals surface area contributed by atoms with Gasteiger partial charge in [-0.05, 0) is 31.4 Å². The van der Waals surface area contributed by atoms with Gasteiger partial charge in [-0.2, -0.15) is 0 Å². The monoisotopic (exact) mass is 181 g/mol. The van der Waals surface area contributed by atoms with Crippen LogP contribution in [0.4, 0.5) is 0 Å². The second-order valence-electron chi connectivity index (χ2n) is 3.94. The quantitative estimate of drug-likeness (QED) is 0.772. The van der Waals surface area contributed by atoms with Gasteiger partial charge in [-0.3, -0.25) is 0 Å². The molecule has 1 unspecified atom stereocenters. The van der Waals surface area contributed by atoms with Gasteiger partial charge in [-0.15, -0.1) is 0 Å². The zero-order chi connectivity index (χ0) is 9.84. The third kappa shape index (κ3) is 2.88. The van der Waals surface area contributed by atoms with Crippen LogP contribution in [-0.4, -0.2) is 6.04 Å². The van der Waals surface area contributed by atoms with Gasteiger partial charge in [0.25, 0.3) is 0 Å². The Balaban J connectivity index is 2.39. The molecule has 0 saturated heterocycles. The van der Waals surface area contributed by atoms with E-state index in [0.717, 1.165) is 12.3 Å². The highest BCUT2D eigenvalue weighted by atomic mass is 16.3. The van der Waals surface area contributed by atoms with Gasteiger partial charge in [0.05, 0.1) is 12.8 Å². The van der Waals surface area contributed by atoms with E-state index in [2.05, 4.69) is 33.0 Å². The lowest BCUT2D eigenvalue weighted by molar-refractivity contribution is 0.395. The lowest BCUT2D eigenvalue weighted by atomic mass is 10.1. The molecule has 1 aromatic heterocycles. The fraction of sp³-hybridized carbons (Fsp3) is 0.636. The SMILES string of the molecule is Cc1ccoc1CNC(C)C(C)C.